The molecule has 0 atom stereocenters. The van der Waals surface area contributed by atoms with Gasteiger partial charge in [0.1, 0.15) is 0 Å². The second-order valence-corrected chi connectivity index (χ2v) is 2.14. The van der Waals surface area contributed by atoms with Crippen LogP contribution in [0, 0.1) is 0 Å². The van der Waals surface area contributed by atoms with Crippen molar-refractivity contribution >= 4 is 13.6 Å². The molecule has 0 unspecified atom stereocenters. The number of carbonyl (C=O) groups is 1. The molecule has 0 bridgehead atoms. The van der Waals surface area contributed by atoms with Crippen LogP contribution in [0.5, 0.6) is 0 Å². The van der Waals surface area contributed by atoms with Gasteiger partial charge >= 0.3 is 41.6 Å². The summed E-state index contributed by atoms with van der Waals surface area (Å²) in [6.07, 6.45) is 0. The average molecular weight is 128 g/mol. The molecule has 28 valence electrons. The topological polar surface area (TPSA) is 37.3 Å². The Morgan fingerprint density at radius 2 is 2.20 bits per heavy atom. The molecule has 0 amide bonds. The summed E-state index contributed by atoms with van der Waals surface area (Å²) in [7, 11) is 4.86. The van der Waals surface area contributed by atoms with E-state index in [1.165, 1.54) is 0 Å². The SMILES string of the molecule is O=[C](O)[Ti][Cl]. The molecule has 0 aromatic carbocycles. The standard InChI is InChI=1S/CHO2.ClH.Ti/c2-1-3;;/h(H,2,3);1H;/q;;+1/p-1. The van der Waals surface area contributed by atoms with Crippen LogP contribution in [0.4, 0.5) is 4.79 Å². The molecule has 1 N–H and O–H groups in total. The van der Waals surface area contributed by atoms with Gasteiger partial charge in [0.15, 0.2) is 0 Å². The number of hydrogen-bond donors (Lipinski definition) is 1. The van der Waals surface area contributed by atoms with Gasteiger partial charge in [-0.25, -0.2) is 0 Å². The van der Waals surface area contributed by atoms with E-state index in [9.17, 15) is 4.79 Å². The van der Waals surface area contributed by atoms with Gasteiger partial charge in [0.05, 0.1) is 0 Å². The Kier molecular flexibility index (Phi) is 2.95. The molecule has 0 aromatic rings. The normalized spacial score (nSPS) is 6.60. The van der Waals surface area contributed by atoms with Crippen molar-refractivity contribution < 1.29 is 28.0 Å². The Labute approximate surface area is 41.9 Å². The van der Waals surface area contributed by atoms with Crippen LogP contribution in [-0.2, 0) is 18.1 Å². The summed E-state index contributed by atoms with van der Waals surface area (Å²) in [5, 5.41) is 7.65. The maximum atomic E-state index is 9.29. The van der Waals surface area contributed by atoms with Crippen molar-refractivity contribution in [1.29, 1.82) is 0 Å². The third-order valence-corrected chi connectivity index (χ3v) is 1.000. The van der Waals surface area contributed by atoms with Crippen molar-refractivity contribution in [3.05, 3.63) is 0 Å². The van der Waals surface area contributed by atoms with E-state index in [-0.39, 0.29) is 0 Å². The van der Waals surface area contributed by atoms with Crippen LogP contribution in [-0.4, -0.2) is 9.38 Å². The van der Waals surface area contributed by atoms with Gasteiger partial charge in [0, 0.05) is 0 Å². The van der Waals surface area contributed by atoms with E-state index in [1.54, 1.807) is 0 Å². The fourth-order valence-electron chi connectivity index (χ4n) is 0. The van der Waals surface area contributed by atoms with Crippen molar-refractivity contribution in [2.24, 2.45) is 0 Å². The summed E-state index contributed by atoms with van der Waals surface area (Å²) in [5.74, 6) is 0. The van der Waals surface area contributed by atoms with Gasteiger partial charge < -0.3 is 0 Å². The van der Waals surface area contributed by atoms with E-state index >= 15 is 0 Å². The second kappa shape index (κ2) is 2.70. The third-order valence-electron chi connectivity index (χ3n) is 0.0808. The molecule has 0 rings (SSSR count). The first-order valence-electron chi connectivity index (χ1n) is 0.867. The van der Waals surface area contributed by atoms with Gasteiger partial charge in [-0.3, -0.25) is 0 Å². The van der Waals surface area contributed by atoms with Crippen molar-refractivity contribution in [2.45, 2.75) is 0 Å². The molecule has 2 nitrogen and oxygen atoms in total. The van der Waals surface area contributed by atoms with E-state index in [2.05, 4.69) is 0 Å². The van der Waals surface area contributed by atoms with Crippen LogP contribution >= 0.6 is 9.30 Å². The molecular formula is CHClO2Ti. The van der Waals surface area contributed by atoms with Crippen LogP contribution in [0.3, 0.4) is 0 Å². The predicted octanol–water partition coefficient (Wildman–Crippen LogP) is 0.901. The molecule has 5 heavy (non-hydrogen) atoms. The van der Waals surface area contributed by atoms with Crippen molar-refractivity contribution in [3.63, 3.8) is 0 Å². The molecule has 0 aliphatic heterocycles. The number of halogens is 1. The summed E-state index contributed by atoms with van der Waals surface area (Å²) in [6.45, 7) is 0. The van der Waals surface area contributed by atoms with Gasteiger partial charge in [0.25, 0.3) is 0 Å². The Hall–Kier alpha value is 0.474. The molecule has 0 radical (unpaired) electrons. The second-order valence-electron chi connectivity index (χ2n) is 0.400. The summed E-state index contributed by atoms with van der Waals surface area (Å²) in [4.78, 5) is 9.29. The monoisotopic (exact) mass is 128 g/mol. The summed E-state index contributed by atoms with van der Waals surface area (Å²) in [5.41, 5.74) is 0. The first kappa shape index (κ1) is 5.47. The molecular weight excluding hydrogens is 127 g/mol. The van der Waals surface area contributed by atoms with Crippen LogP contribution < -0.4 is 0 Å². The average Bonchev–Trinajstić information content (AvgIpc) is 1.38. The molecule has 0 saturated heterocycles. The van der Waals surface area contributed by atoms with E-state index in [4.69, 9.17) is 14.4 Å². The predicted molar refractivity (Wildman–Crippen MR) is 13.9 cm³/mol. The fraction of sp³-hybridized carbons (Fsp3) is 0. The van der Waals surface area contributed by atoms with Crippen LogP contribution in [0.1, 0.15) is 0 Å². The third kappa shape index (κ3) is 4.47. The van der Waals surface area contributed by atoms with Gasteiger partial charge in [-0.15, -0.1) is 0 Å². The minimum atomic E-state index is -1.17. The van der Waals surface area contributed by atoms with E-state index in [0.717, 1.165) is 0 Å². The van der Waals surface area contributed by atoms with E-state index < -0.39 is 22.4 Å². The van der Waals surface area contributed by atoms with Crippen molar-refractivity contribution in [3.8, 4) is 0 Å². The number of rotatable bonds is 1. The van der Waals surface area contributed by atoms with E-state index in [1.807, 2.05) is 0 Å². The zero-order chi connectivity index (χ0) is 4.28. The molecule has 0 fully saturated rings. The summed E-state index contributed by atoms with van der Waals surface area (Å²) in [6, 6.07) is 0. The van der Waals surface area contributed by atoms with Crippen molar-refractivity contribution in [1.82, 2.24) is 0 Å². The molecule has 4 heteroatoms. The minimum absolute atomic E-state index is 0.855. The van der Waals surface area contributed by atoms with Crippen molar-refractivity contribution in [2.75, 3.05) is 0 Å². The van der Waals surface area contributed by atoms with E-state index in [0.29, 0.717) is 0 Å². The molecule has 0 heterocycles. The molecule has 0 spiro atoms. The van der Waals surface area contributed by atoms with Gasteiger partial charge in [0.2, 0.25) is 0 Å². The fourth-order valence-corrected chi connectivity index (χ4v) is 0. The molecule has 0 aliphatic rings. The van der Waals surface area contributed by atoms with Gasteiger partial charge in [-0.2, -0.15) is 0 Å². The van der Waals surface area contributed by atoms with Crippen LogP contribution in [0.25, 0.3) is 0 Å². The number of carboxylic acid groups (broad SMARTS) is 1. The quantitative estimate of drug-likeness (QED) is 0.533. The Bertz CT molecular complexity index is 44.9. The molecule has 0 aliphatic carbocycles. The Morgan fingerprint density at radius 1 is 2.00 bits per heavy atom. The molecule has 0 aromatic heterocycles. The molecule has 0 saturated carbocycles. The zero-order valence-electron chi connectivity index (χ0n) is 2.23. The van der Waals surface area contributed by atoms with Gasteiger partial charge in [-0.05, 0) is 0 Å². The zero-order valence-corrected chi connectivity index (χ0v) is 4.55. The van der Waals surface area contributed by atoms with Crippen LogP contribution in [0.2, 0.25) is 0 Å². The Morgan fingerprint density at radius 3 is 2.20 bits per heavy atom. The first-order valence-corrected chi connectivity index (χ1v) is 3.80. The first-order chi connectivity index (χ1) is 2.27. The Balaban J connectivity index is 2.85. The maximum absolute atomic E-state index is 9.29. The van der Waals surface area contributed by atoms with Crippen LogP contribution in [0.15, 0.2) is 0 Å². The van der Waals surface area contributed by atoms with Gasteiger partial charge in [-0.1, -0.05) is 0 Å². The number of hydrogen-bond acceptors (Lipinski definition) is 1. The summed E-state index contributed by atoms with van der Waals surface area (Å²) >= 11 is -1.17. The summed E-state index contributed by atoms with van der Waals surface area (Å²) < 4.78 is -0.855.